The van der Waals surface area contributed by atoms with E-state index in [1.54, 1.807) is 17.8 Å². The van der Waals surface area contributed by atoms with Gasteiger partial charge in [0, 0.05) is 4.47 Å². The highest BCUT2D eigenvalue weighted by Gasteiger charge is 2.21. The fraction of sp³-hybridized carbons (Fsp3) is 0.133. The van der Waals surface area contributed by atoms with E-state index >= 15 is 0 Å². The van der Waals surface area contributed by atoms with Gasteiger partial charge >= 0.3 is 0 Å². The number of benzene rings is 2. The zero-order valence-electron chi connectivity index (χ0n) is 10.5. The molecule has 0 aromatic heterocycles. The molecule has 1 unspecified atom stereocenters. The van der Waals surface area contributed by atoms with E-state index in [0.717, 1.165) is 16.2 Å². The highest BCUT2D eigenvalue weighted by atomic mass is 79.9. The van der Waals surface area contributed by atoms with E-state index in [-0.39, 0.29) is 5.82 Å². The number of nitrogens with one attached hydrogen (secondary N) is 1. The Morgan fingerprint density at radius 1 is 1.20 bits per heavy atom. The molecule has 102 valence electrons. The summed E-state index contributed by atoms with van der Waals surface area (Å²) in [5.74, 6) is -0.265. The van der Waals surface area contributed by atoms with E-state index in [4.69, 9.17) is 0 Å². The number of hydrogen-bond donors (Lipinski definition) is 1. The number of anilines is 1. The van der Waals surface area contributed by atoms with Gasteiger partial charge in [-0.25, -0.2) is 4.39 Å². The molecule has 2 nitrogen and oxygen atoms in total. The van der Waals surface area contributed by atoms with Gasteiger partial charge in [-0.05, 0) is 39.7 Å². The lowest BCUT2D eigenvalue weighted by Crippen LogP contribution is -2.06. The Labute approximate surface area is 129 Å². The van der Waals surface area contributed by atoms with Gasteiger partial charge in [0.05, 0.1) is 17.5 Å². The number of rotatable bonds is 2. The number of thioether (sulfide) groups is 1. The lowest BCUT2D eigenvalue weighted by Gasteiger charge is -2.10. The van der Waals surface area contributed by atoms with Crippen LogP contribution in [0.5, 0.6) is 0 Å². The highest BCUT2D eigenvalue weighted by Crippen LogP contribution is 2.36. The normalized spacial score (nSPS) is 17.9. The molecule has 1 aliphatic heterocycles. The van der Waals surface area contributed by atoms with Crippen LogP contribution in [0.3, 0.4) is 0 Å². The monoisotopic (exact) mass is 350 g/mol. The third-order valence-electron chi connectivity index (χ3n) is 3.00. The minimum absolute atomic E-state index is 0.265. The van der Waals surface area contributed by atoms with Crippen molar-refractivity contribution in [3.05, 3.63) is 64.4 Å². The van der Waals surface area contributed by atoms with E-state index < -0.39 is 0 Å². The first-order chi connectivity index (χ1) is 9.72. The zero-order chi connectivity index (χ0) is 13.9. The van der Waals surface area contributed by atoms with Gasteiger partial charge in [-0.15, -0.1) is 0 Å². The fourth-order valence-electron chi connectivity index (χ4n) is 1.99. The van der Waals surface area contributed by atoms with Crippen LogP contribution < -0.4 is 5.32 Å². The molecule has 1 N–H and O–H groups in total. The number of amidine groups is 1. The van der Waals surface area contributed by atoms with Gasteiger partial charge < -0.3 is 5.32 Å². The number of nitrogens with zero attached hydrogens (tertiary/aromatic N) is 1. The van der Waals surface area contributed by atoms with Gasteiger partial charge in [-0.1, -0.05) is 42.1 Å². The molecule has 0 spiro atoms. The maximum atomic E-state index is 13.3. The third kappa shape index (κ3) is 3.04. The maximum Gasteiger partial charge on any atom is 0.161 e. The second-order valence-corrected chi connectivity index (χ2v) is 6.46. The van der Waals surface area contributed by atoms with Crippen LogP contribution in [0.25, 0.3) is 0 Å². The first-order valence-corrected chi connectivity index (χ1v) is 7.88. The smallest absolute Gasteiger partial charge is 0.161 e. The van der Waals surface area contributed by atoms with Gasteiger partial charge in [0.15, 0.2) is 5.17 Å². The van der Waals surface area contributed by atoms with E-state index in [0.29, 0.717) is 10.9 Å². The molecule has 0 bridgehead atoms. The van der Waals surface area contributed by atoms with Crippen molar-refractivity contribution in [3.63, 3.8) is 0 Å². The van der Waals surface area contributed by atoms with Gasteiger partial charge in [0.1, 0.15) is 5.82 Å². The van der Waals surface area contributed by atoms with Crippen LogP contribution >= 0.6 is 27.7 Å². The number of hydrogen-bond acceptors (Lipinski definition) is 3. The van der Waals surface area contributed by atoms with Crippen LogP contribution in [-0.2, 0) is 0 Å². The molecule has 0 saturated heterocycles. The predicted octanol–water partition coefficient (Wildman–Crippen LogP) is 4.84. The minimum atomic E-state index is -0.265. The molecule has 2 aromatic rings. The summed E-state index contributed by atoms with van der Waals surface area (Å²) >= 11 is 5.07. The number of aliphatic imine (C=N–C) groups is 1. The first kappa shape index (κ1) is 13.6. The van der Waals surface area contributed by atoms with E-state index in [1.165, 1.54) is 17.7 Å². The fourth-order valence-corrected chi connectivity index (χ4v) is 3.37. The molecular weight excluding hydrogens is 339 g/mol. The van der Waals surface area contributed by atoms with Crippen molar-refractivity contribution in [1.29, 1.82) is 0 Å². The predicted molar refractivity (Wildman–Crippen MR) is 86.8 cm³/mol. The van der Waals surface area contributed by atoms with E-state index in [2.05, 4.69) is 38.4 Å². The molecule has 0 fully saturated rings. The molecule has 1 heterocycles. The molecule has 0 aliphatic carbocycles. The summed E-state index contributed by atoms with van der Waals surface area (Å²) in [6, 6.07) is 14.9. The van der Waals surface area contributed by atoms with Crippen LogP contribution in [0.15, 0.2) is 58.0 Å². The minimum Gasteiger partial charge on any atom is -0.334 e. The molecule has 0 radical (unpaired) electrons. The Hall–Kier alpha value is -1.33. The zero-order valence-corrected chi connectivity index (χ0v) is 12.9. The quantitative estimate of drug-likeness (QED) is 0.837. The Balaban J connectivity index is 1.70. The van der Waals surface area contributed by atoms with Crippen molar-refractivity contribution in [1.82, 2.24) is 0 Å². The molecule has 0 amide bonds. The Morgan fingerprint density at radius 3 is 2.80 bits per heavy atom. The third-order valence-corrected chi connectivity index (χ3v) is 4.85. The number of halogens is 2. The Morgan fingerprint density at radius 2 is 2.00 bits per heavy atom. The van der Waals surface area contributed by atoms with Gasteiger partial charge in [0.25, 0.3) is 0 Å². The molecule has 3 rings (SSSR count). The first-order valence-electron chi connectivity index (χ1n) is 6.20. The average Bonchev–Trinajstić information content (AvgIpc) is 2.92. The summed E-state index contributed by atoms with van der Waals surface area (Å²) in [5, 5.41) is 4.33. The van der Waals surface area contributed by atoms with Crippen molar-refractivity contribution in [2.45, 2.75) is 5.25 Å². The van der Waals surface area contributed by atoms with Gasteiger partial charge in [-0.2, -0.15) is 0 Å². The summed E-state index contributed by atoms with van der Waals surface area (Å²) in [4.78, 5) is 4.48. The van der Waals surface area contributed by atoms with Gasteiger partial charge in [-0.3, -0.25) is 4.99 Å². The highest BCUT2D eigenvalue weighted by molar-refractivity contribution is 9.10. The second kappa shape index (κ2) is 5.97. The average molecular weight is 351 g/mol. The molecule has 1 aliphatic rings. The molecule has 1 atom stereocenters. The molecule has 5 heteroatoms. The standard InChI is InChI=1S/C15H12BrFN2S/c16-12-7-6-11(17)8-13(12)19-15-18-9-14(20-15)10-4-2-1-3-5-10/h1-8,14H,9H2,(H,18,19). The second-order valence-electron chi connectivity index (χ2n) is 4.41. The lowest BCUT2D eigenvalue weighted by atomic mass is 10.1. The topological polar surface area (TPSA) is 24.4 Å². The Kier molecular flexibility index (Phi) is 4.08. The largest absolute Gasteiger partial charge is 0.334 e. The van der Waals surface area contributed by atoms with Crippen LogP contribution in [0, 0.1) is 5.82 Å². The Bertz CT molecular complexity index is 646. The summed E-state index contributed by atoms with van der Waals surface area (Å²) in [5.41, 5.74) is 1.96. The summed E-state index contributed by atoms with van der Waals surface area (Å²) in [7, 11) is 0. The van der Waals surface area contributed by atoms with Crippen molar-refractivity contribution < 1.29 is 4.39 Å². The molecule has 20 heavy (non-hydrogen) atoms. The lowest BCUT2D eigenvalue weighted by molar-refractivity contribution is 0.628. The molecule has 0 saturated carbocycles. The molecule has 2 aromatic carbocycles. The summed E-state index contributed by atoms with van der Waals surface area (Å²) in [6.45, 7) is 0.740. The van der Waals surface area contributed by atoms with E-state index in [1.807, 2.05) is 18.2 Å². The maximum absolute atomic E-state index is 13.3. The van der Waals surface area contributed by atoms with Crippen LogP contribution in [-0.4, -0.2) is 11.7 Å². The molecular formula is C15H12BrFN2S. The van der Waals surface area contributed by atoms with Crippen molar-refractivity contribution in [3.8, 4) is 0 Å². The van der Waals surface area contributed by atoms with Crippen LogP contribution in [0.4, 0.5) is 10.1 Å². The summed E-state index contributed by atoms with van der Waals surface area (Å²) < 4.78 is 14.1. The SMILES string of the molecule is Fc1ccc(Br)c(NC2=NCC(c3ccccc3)S2)c1. The van der Waals surface area contributed by atoms with Crippen molar-refractivity contribution >= 4 is 38.5 Å². The van der Waals surface area contributed by atoms with Crippen molar-refractivity contribution in [2.75, 3.05) is 11.9 Å². The van der Waals surface area contributed by atoms with Crippen molar-refractivity contribution in [2.24, 2.45) is 4.99 Å². The summed E-state index contributed by atoms with van der Waals surface area (Å²) in [6.07, 6.45) is 0. The van der Waals surface area contributed by atoms with Gasteiger partial charge in [0.2, 0.25) is 0 Å². The van der Waals surface area contributed by atoms with E-state index in [9.17, 15) is 4.39 Å². The van der Waals surface area contributed by atoms with Crippen LogP contribution in [0.2, 0.25) is 0 Å². The van der Waals surface area contributed by atoms with Crippen LogP contribution in [0.1, 0.15) is 10.8 Å².